The van der Waals surface area contributed by atoms with E-state index in [4.69, 9.17) is 24.1 Å². The molecule has 0 amide bonds. The van der Waals surface area contributed by atoms with Crippen molar-refractivity contribution in [3.63, 3.8) is 0 Å². The lowest BCUT2D eigenvalue weighted by atomic mass is 10.1. The molecule has 0 fully saturated rings. The third kappa shape index (κ3) is 6.00. The Balaban J connectivity index is 2.26. The van der Waals surface area contributed by atoms with Gasteiger partial charge in [0, 0.05) is 11.1 Å². The molecular formula is C22H24O7. The number of methoxy groups -OCH3 is 2. The van der Waals surface area contributed by atoms with Gasteiger partial charge in [0.15, 0.2) is 35.4 Å². The molecule has 29 heavy (non-hydrogen) atoms. The second kappa shape index (κ2) is 10.2. The third-order valence-corrected chi connectivity index (χ3v) is 3.80. The molecule has 2 rings (SSSR count). The Hall–Kier alpha value is -3.48. The van der Waals surface area contributed by atoms with Gasteiger partial charge in [-0.2, -0.15) is 0 Å². The maximum Gasteiger partial charge on any atom is 0.341 e. The Morgan fingerprint density at radius 2 is 1.76 bits per heavy atom. The van der Waals surface area contributed by atoms with Crippen LogP contribution < -0.4 is 18.9 Å². The summed E-state index contributed by atoms with van der Waals surface area (Å²) in [7, 11) is 2.97. The molecule has 2 aromatic carbocycles. The van der Waals surface area contributed by atoms with Crippen LogP contribution in [0, 0.1) is 0 Å². The van der Waals surface area contributed by atoms with Crippen molar-refractivity contribution in [3.05, 3.63) is 53.6 Å². The summed E-state index contributed by atoms with van der Waals surface area (Å²) in [5.74, 6) is 0.296. The molecule has 0 saturated carbocycles. The van der Waals surface area contributed by atoms with Crippen molar-refractivity contribution in [2.24, 2.45) is 0 Å². The molecule has 0 unspecified atom stereocenters. The first-order valence-electron chi connectivity index (χ1n) is 8.94. The van der Waals surface area contributed by atoms with E-state index >= 15 is 0 Å². The van der Waals surface area contributed by atoms with E-state index in [0.29, 0.717) is 22.6 Å². The van der Waals surface area contributed by atoms with Crippen molar-refractivity contribution in [2.75, 3.05) is 20.8 Å². The smallest absolute Gasteiger partial charge is 0.341 e. The second-order valence-corrected chi connectivity index (χ2v) is 6.29. The summed E-state index contributed by atoms with van der Waals surface area (Å²) in [4.78, 5) is 23.3. The predicted octanol–water partition coefficient (Wildman–Crippen LogP) is 3.85. The Labute approximate surface area is 169 Å². The molecule has 0 aliphatic carbocycles. The van der Waals surface area contributed by atoms with E-state index in [0.717, 1.165) is 0 Å². The number of benzene rings is 2. The Bertz CT molecular complexity index is 900. The summed E-state index contributed by atoms with van der Waals surface area (Å²) in [5.41, 5.74) is 1.08. The molecule has 0 spiro atoms. The van der Waals surface area contributed by atoms with E-state index in [2.05, 4.69) is 0 Å². The van der Waals surface area contributed by atoms with E-state index in [9.17, 15) is 9.59 Å². The Kier molecular flexibility index (Phi) is 7.65. The van der Waals surface area contributed by atoms with Crippen LogP contribution in [0.3, 0.4) is 0 Å². The molecule has 7 nitrogen and oxygen atoms in total. The van der Waals surface area contributed by atoms with Crippen molar-refractivity contribution in [2.45, 2.75) is 20.0 Å². The molecule has 0 aliphatic heterocycles. The number of allylic oxidation sites excluding steroid dienone is 1. The average Bonchev–Trinajstić information content (AvgIpc) is 2.70. The lowest BCUT2D eigenvalue weighted by Crippen LogP contribution is -2.10. The van der Waals surface area contributed by atoms with Crippen molar-refractivity contribution in [3.8, 4) is 23.0 Å². The number of aliphatic carboxylic acids is 1. The van der Waals surface area contributed by atoms with Crippen LogP contribution in [0.4, 0.5) is 0 Å². The molecule has 0 radical (unpaired) electrons. The molecule has 2 aromatic rings. The number of carboxylic acid groups (broad SMARTS) is 1. The lowest BCUT2D eigenvalue weighted by Gasteiger charge is -2.15. The van der Waals surface area contributed by atoms with Crippen molar-refractivity contribution in [1.82, 2.24) is 0 Å². The van der Waals surface area contributed by atoms with Crippen molar-refractivity contribution >= 4 is 17.8 Å². The summed E-state index contributed by atoms with van der Waals surface area (Å²) in [6, 6.07) is 9.98. The number of hydrogen-bond donors (Lipinski definition) is 1. The van der Waals surface area contributed by atoms with E-state index < -0.39 is 12.6 Å². The minimum absolute atomic E-state index is 0.0586. The van der Waals surface area contributed by atoms with Gasteiger partial charge in [0.25, 0.3) is 0 Å². The van der Waals surface area contributed by atoms with Crippen LogP contribution in [0.25, 0.3) is 6.08 Å². The SMILES string of the molecule is COc1cc(C(=O)/C=C/c2cccc(OC)c2OC(C)C)ccc1OCC(=O)O. The van der Waals surface area contributed by atoms with Gasteiger partial charge < -0.3 is 24.1 Å². The highest BCUT2D eigenvalue weighted by atomic mass is 16.5. The lowest BCUT2D eigenvalue weighted by molar-refractivity contribution is -0.139. The highest BCUT2D eigenvalue weighted by Crippen LogP contribution is 2.33. The zero-order valence-corrected chi connectivity index (χ0v) is 16.8. The van der Waals surface area contributed by atoms with Gasteiger partial charge in [0.2, 0.25) is 0 Å². The Morgan fingerprint density at radius 3 is 2.38 bits per heavy atom. The molecule has 0 aliphatic rings. The number of carbonyl (C=O) groups excluding carboxylic acids is 1. The normalized spacial score (nSPS) is 10.8. The van der Waals surface area contributed by atoms with Crippen molar-refractivity contribution < 1.29 is 33.6 Å². The quantitative estimate of drug-likeness (QED) is 0.478. The third-order valence-electron chi connectivity index (χ3n) is 3.80. The first-order chi connectivity index (χ1) is 13.8. The fourth-order valence-corrected chi connectivity index (χ4v) is 2.53. The van der Waals surface area contributed by atoms with Gasteiger partial charge in [-0.15, -0.1) is 0 Å². The van der Waals surface area contributed by atoms with Gasteiger partial charge in [-0.3, -0.25) is 4.79 Å². The summed E-state index contributed by atoms with van der Waals surface area (Å²) < 4.78 is 21.5. The predicted molar refractivity (Wildman–Crippen MR) is 108 cm³/mol. The molecule has 0 atom stereocenters. The van der Waals surface area contributed by atoms with Gasteiger partial charge in [0.05, 0.1) is 20.3 Å². The number of carbonyl (C=O) groups is 2. The minimum Gasteiger partial charge on any atom is -0.493 e. The monoisotopic (exact) mass is 400 g/mol. The Morgan fingerprint density at radius 1 is 1.03 bits per heavy atom. The molecule has 7 heteroatoms. The maximum absolute atomic E-state index is 12.6. The molecule has 0 saturated heterocycles. The van der Waals surface area contributed by atoms with Crippen LogP contribution in [0.15, 0.2) is 42.5 Å². The first-order valence-corrected chi connectivity index (χ1v) is 8.94. The maximum atomic E-state index is 12.6. The van der Waals surface area contributed by atoms with Gasteiger partial charge in [-0.25, -0.2) is 4.79 Å². The zero-order valence-electron chi connectivity index (χ0n) is 16.8. The van der Waals surface area contributed by atoms with E-state index in [1.807, 2.05) is 26.0 Å². The van der Waals surface area contributed by atoms with E-state index in [-0.39, 0.29) is 23.4 Å². The first kappa shape index (κ1) is 21.8. The largest absolute Gasteiger partial charge is 0.493 e. The fourth-order valence-electron chi connectivity index (χ4n) is 2.53. The molecule has 154 valence electrons. The molecule has 0 aromatic heterocycles. The summed E-state index contributed by atoms with van der Waals surface area (Å²) in [6.45, 7) is 3.31. The summed E-state index contributed by atoms with van der Waals surface area (Å²) in [6.07, 6.45) is 3.02. The zero-order chi connectivity index (χ0) is 21.4. The van der Waals surface area contributed by atoms with Crippen LogP contribution in [-0.2, 0) is 4.79 Å². The van der Waals surface area contributed by atoms with Crippen LogP contribution in [0.5, 0.6) is 23.0 Å². The standard InChI is InChI=1S/C22H24O7/c1-14(2)29-22-15(6-5-7-19(22)26-3)8-10-17(23)16-9-11-18(20(12-16)27-4)28-13-21(24)25/h5-12,14H,13H2,1-4H3,(H,24,25)/b10-8+. The summed E-state index contributed by atoms with van der Waals surface area (Å²) in [5, 5.41) is 8.73. The van der Waals surface area contributed by atoms with Crippen LogP contribution >= 0.6 is 0 Å². The second-order valence-electron chi connectivity index (χ2n) is 6.29. The number of para-hydroxylation sites is 1. The van der Waals surface area contributed by atoms with Crippen LogP contribution in [-0.4, -0.2) is 43.8 Å². The number of carboxylic acids is 1. The average molecular weight is 400 g/mol. The molecular weight excluding hydrogens is 376 g/mol. The van der Waals surface area contributed by atoms with Crippen molar-refractivity contribution in [1.29, 1.82) is 0 Å². The molecule has 0 heterocycles. The summed E-state index contributed by atoms with van der Waals surface area (Å²) >= 11 is 0. The topological polar surface area (TPSA) is 91.3 Å². The van der Waals surface area contributed by atoms with E-state index in [1.165, 1.54) is 25.3 Å². The minimum atomic E-state index is -1.10. The van der Waals surface area contributed by atoms with Gasteiger partial charge in [0.1, 0.15) is 0 Å². The van der Waals surface area contributed by atoms with Gasteiger partial charge >= 0.3 is 5.97 Å². The molecule has 1 N–H and O–H groups in total. The van der Waals surface area contributed by atoms with E-state index in [1.54, 1.807) is 25.3 Å². The number of rotatable bonds is 10. The number of ketones is 1. The highest BCUT2D eigenvalue weighted by Gasteiger charge is 2.13. The van der Waals surface area contributed by atoms with Crippen LogP contribution in [0.2, 0.25) is 0 Å². The highest BCUT2D eigenvalue weighted by molar-refractivity contribution is 6.07. The number of hydrogen-bond acceptors (Lipinski definition) is 6. The number of ether oxygens (including phenoxy) is 4. The van der Waals surface area contributed by atoms with Gasteiger partial charge in [-0.1, -0.05) is 12.1 Å². The fraction of sp³-hybridized carbons (Fsp3) is 0.273. The molecule has 0 bridgehead atoms. The van der Waals surface area contributed by atoms with Gasteiger partial charge in [-0.05, 0) is 50.3 Å². The van der Waals surface area contributed by atoms with Crippen LogP contribution in [0.1, 0.15) is 29.8 Å².